The maximum Gasteiger partial charge on any atom is 0.137 e. The number of fused-ring (bicyclic) bond motifs is 1. The maximum absolute atomic E-state index is 9.03. The van der Waals surface area contributed by atoms with Crippen molar-refractivity contribution in [3.05, 3.63) is 28.3 Å². The third-order valence-electron chi connectivity index (χ3n) is 2.91. The molecule has 1 aliphatic carbocycles. The summed E-state index contributed by atoms with van der Waals surface area (Å²) in [4.78, 5) is 0. The normalized spacial score (nSPS) is 19.1. The summed E-state index contributed by atoms with van der Waals surface area (Å²) in [6.45, 7) is 0. The van der Waals surface area contributed by atoms with Crippen LogP contribution >= 0.6 is 11.6 Å². The summed E-state index contributed by atoms with van der Waals surface area (Å²) in [7, 11) is 1.61. The van der Waals surface area contributed by atoms with E-state index in [-0.39, 0.29) is 5.92 Å². The number of ether oxygens (including phenoxy) is 1. The Morgan fingerprint density at radius 3 is 3.00 bits per heavy atom. The average Bonchev–Trinajstić information content (AvgIpc) is 2.29. The van der Waals surface area contributed by atoms with Gasteiger partial charge in [0.15, 0.2) is 0 Å². The highest BCUT2D eigenvalue weighted by molar-refractivity contribution is 6.33. The van der Waals surface area contributed by atoms with Crippen molar-refractivity contribution < 1.29 is 4.74 Å². The van der Waals surface area contributed by atoms with Crippen LogP contribution in [0.25, 0.3) is 0 Å². The molecule has 1 unspecified atom stereocenters. The summed E-state index contributed by atoms with van der Waals surface area (Å²) in [5.74, 6) is 0.700. The zero-order chi connectivity index (χ0) is 10.8. The first kappa shape index (κ1) is 10.3. The average molecular weight is 222 g/mol. The third kappa shape index (κ3) is 1.68. The van der Waals surface area contributed by atoms with Crippen LogP contribution in [-0.4, -0.2) is 7.11 Å². The third-order valence-corrected chi connectivity index (χ3v) is 3.33. The minimum Gasteiger partial charge on any atom is -0.495 e. The van der Waals surface area contributed by atoms with E-state index in [1.54, 1.807) is 7.11 Å². The summed E-state index contributed by atoms with van der Waals surface area (Å²) in [5.41, 5.74) is 2.17. The van der Waals surface area contributed by atoms with Gasteiger partial charge in [0.2, 0.25) is 0 Å². The van der Waals surface area contributed by atoms with Crippen LogP contribution in [0.2, 0.25) is 5.02 Å². The lowest BCUT2D eigenvalue weighted by Gasteiger charge is -2.22. The van der Waals surface area contributed by atoms with Gasteiger partial charge in [0.1, 0.15) is 5.75 Å². The molecule has 0 aliphatic heterocycles. The maximum atomic E-state index is 9.03. The first-order chi connectivity index (χ1) is 7.27. The molecular formula is C12H12ClNO. The van der Waals surface area contributed by atoms with E-state index in [4.69, 9.17) is 21.6 Å². The molecule has 15 heavy (non-hydrogen) atoms. The number of rotatable bonds is 1. The number of halogens is 1. The van der Waals surface area contributed by atoms with E-state index < -0.39 is 0 Å². The van der Waals surface area contributed by atoms with Gasteiger partial charge >= 0.3 is 0 Å². The van der Waals surface area contributed by atoms with E-state index in [9.17, 15) is 0 Å². The fraction of sp³-hybridized carbons (Fsp3) is 0.417. The Kier molecular flexibility index (Phi) is 2.83. The highest BCUT2D eigenvalue weighted by atomic mass is 35.5. The molecular weight excluding hydrogens is 210 g/mol. The topological polar surface area (TPSA) is 33.0 Å². The number of methoxy groups -OCH3 is 1. The molecule has 3 heteroatoms. The van der Waals surface area contributed by atoms with Crippen molar-refractivity contribution >= 4 is 11.6 Å². The number of hydrogen-bond acceptors (Lipinski definition) is 2. The lowest BCUT2D eigenvalue weighted by Crippen LogP contribution is -2.09. The summed E-state index contributed by atoms with van der Waals surface area (Å²) in [6, 6.07) is 6.13. The first-order valence-corrected chi connectivity index (χ1v) is 5.40. The smallest absolute Gasteiger partial charge is 0.137 e. The van der Waals surface area contributed by atoms with Crippen molar-refractivity contribution in [1.82, 2.24) is 0 Å². The molecule has 0 aromatic heterocycles. The minimum atomic E-state index is -0.00263. The molecule has 1 aliphatic rings. The first-order valence-electron chi connectivity index (χ1n) is 5.02. The fourth-order valence-corrected chi connectivity index (χ4v) is 2.47. The van der Waals surface area contributed by atoms with Crippen LogP contribution < -0.4 is 4.74 Å². The summed E-state index contributed by atoms with van der Waals surface area (Å²) >= 11 is 6.21. The molecule has 0 saturated heterocycles. The zero-order valence-electron chi connectivity index (χ0n) is 8.59. The van der Waals surface area contributed by atoms with Crippen molar-refractivity contribution in [3.8, 4) is 11.8 Å². The Morgan fingerprint density at radius 2 is 2.33 bits per heavy atom. The van der Waals surface area contributed by atoms with E-state index in [0.29, 0.717) is 10.8 Å². The summed E-state index contributed by atoms with van der Waals surface area (Å²) in [5, 5.41) is 9.71. The van der Waals surface area contributed by atoms with Crippen LogP contribution in [0.1, 0.15) is 29.9 Å². The second kappa shape index (κ2) is 4.12. The fourth-order valence-electron chi connectivity index (χ4n) is 2.13. The molecule has 1 aromatic rings. The van der Waals surface area contributed by atoms with Crippen LogP contribution in [0.15, 0.2) is 12.1 Å². The van der Waals surface area contributed by atoms with Crippen molar-refractivity contribution in [3.63, 3.8) is 0 Å². The van der Waals surface area contributed by atoms with Crippen LogP contribution in [0.4, 0.5) is 0 Å². The van der Waals surface area contributed by atoms with Gasteiger partial charge in [-0.05, 0) is 36.5 Å². The summed E-state index contributed by atoms with van der Waals surface area (Å²) < 4.78 is 5.17. The Balaban J connectivity index is 2.53. The minimum absolute atomic E-state index is 0.00263. The molecule has 0 saturated carbocycles. The zero-order valence-corrected chi connectivity index (χ0v) is 9.34. The van der Waals surface area contributed by atoms with E-state index in [1.807, 2.05) is 12.1 Å². The predicted molar refractivity (Wildman–Crippen MR) is 59.3 cm³/mol. The molecule has 0 bridgehead atoms. The second-order valence-corrected chi connectivity index (χ2v) is 4.10. The largest absolute Gasteiger partial charge is 0.495 e. The Labute approximate surface area is 94.4 Å². The Morgan fingerprint density at radius 1 is 1.53 bits per heavy atom. The molecule has 0 N–H and O–H groups in total. The second-order valence-electron chi connectivity index (χ2n) is 3.72. The molecule has 0 radical (unpaired) electrons. The molecule has 2 rings (SSSR count). The van der Waals surface area contributed by atoms with Gasteiger partial charge in [0, 0.05) is 0 Å². The van der Waals surface area contributed by atoms with Crippen molar-refractivity contribution in [2.75, 3.05) is 7.11 Å². The molecule has 0 amide bonds. The summed E-state index contributed by atoms with van der Waals surface area (Å²) in [6.07, 6.45) is 2.91. The highest BCUT2D eigenvalue weighted by Crippen LogP contribution is 2.39. The number of nitrogens with zero attached hydrogens (tertiary/aromatic N) is 1. The number of nitriles is 1. The van der Waals surface area contributed by atoms with E-state index in [0.717, 1.165) is 30.4 Å². The van der Waals surface area contributed by atoms with Gasteiger partial charge < -0.3 is 4.74 Å². The molecule has 1 atom stereocenters. The van der Waals surface area contributed by atoms with Gasteiger partial charge in [-0.1, -0.05) is 17.7 Å². The standard InChI is InChI=1S/C12H12ClNO/c1-15-11-6-5-9-8(7-14)3-2-4-10(9)12(11)13/h5-6,8H,2-4H2,1H3. The number of hydrogen-bond donors (Lipinski definition) is 0. The van der Waals surface area contributed by atoms with Crippen LogP contribution in [0, 0.1) is 11.3 Å². The van der Waals surface area contributed by atoms with Gasteiger partial charge in [-0.25, -0.2) is 0 Å². The molecule has 1 aromatic carbocycles. The van der Waals surface area contributed by atoms with Crippen molar-refractivity contribution in [2.24, 2.45) is 0 Å². The molecule has 78 valence electrons. The van der Waals surface area contributed by atoms with Crippen LogP contribution in [0.3, 0.4) is 0 Å². The molecule has 2 nitrogen and oxygen atoms in total. The van der Waals surface area contributed by atoms with Crippen molar-refractivity contribution in [1.29, 1.82) is 5.26 Å². The van der Waals surface area contributed by atoms with E-state index in [1.165, 1.54) is 0 Å². The van der Waals surface area contributed by atoms with Crippen LogP contribution in [0.5, 0.6) is 5.75 Å². The lowest BCUT2D eigenvalue weighted by molar-refractivity contribution is 0.413. The van der Waals surface area contributed by atoms with Gasteiger partial charge in [-0.3, -0.25) is 0 Å². The quantitative estimate of drug-likeness (QED) is 0.729. The van der Waals surface area contributed by atoms with E-state index in [2.05, 4.69) is 6.07 Å². The van der Waals surface area contributed by atoms with E-state index >= 15 is 0 Å². The monoisotopic (exact) mass is 221 g/mol. The van der Waals surface area contributed by atoms with Gasteiger partial charge in [-0.2, -0.15) is 5.26 Å². The van der Waals surface area contributed by atoms with Gasteiger partial charge in [-0.15, -0.1) is 0 Å². The molecule has 0 fully saturated rings. The predicted octanol–water partition coefficient (Wildman–Crippen LogP) is 3.29. The van der Waals surface area contributed by atoms with Gasteiger partial charge in [0.05, 0.1) is 24.1 Å². The van der Waals surface area contributed by atoms with Crippen LogP contribution in [-0.2, 0) is 6.42 Å². The lowest BCUT2D eigenvalue weighted by atomic mass is 9.83. The van der Waals surface area contributed by atoms with Gasteiger partial charge in [0.25, 0.3) is 0 Å². The highest BCUT2D eigenvalue weighted by Gasteiger charge is 2.23. The Hall–Kier alpha value is -1.20. The van der Waals surface area contributed by atoms with Crippen molar-refractivity contribution in [2.45, 2.75) is 25.2 Å². The molecule has 0 spiro atoms. The Bertz CT molecular complexity index is 422. The SMILES string of the molecule is COc1ccc2c(c1Cl)CCCC2C#N. The molecule has 0 heterocycles. The number of benzene rings is 1.